The Morgan fingerprint density at radius 2 is 1.71 bits per heavy atom. The van der Waals surface area contributed by atoms with Gasteiger partial charge in [-0.2, -0.15) is 0 Å². The van der Waals surface area contributed by atoms with Crippen LogP contribution in [-0.4, -0.2) is 61.3 Å². The second-order valence-electron chi connectivity index (χ2n) is 8.88. The molecular formula is C25H34N4O2. The third kappa shape index (κ3) is 4.31. The van der Waals surface area contributed by atoms with E-state index in [0.717, 1.165) is 59.8 Å². The number of aromatic amines is 1. The summed E-state index contributed by atoms with van der Waals surface area (Å²) in [5, 5.41) is 2.35. The summed E-state index contributed by atoms with van der Waals surface area (Å²) in [6.07, 6.45) is 10.7. The second kappa shape index (κ2) is 9.35. The zero-order valence-electron chi connectivity index (χ0n) is 18.7. The number of rotatable bonds is 7. The van der Waals surface area contributed by atoms with Crippen LogP contribution in [0, 0.1) is 0 Å². The van der Waals surface area contributed by atoms with Crippen LogP contribution in [0.2, 0.25) is 0 Å². The maximum atomic E-state index is 6.16. The van der Waals surface area contributed by atoms with Gasteiger partial charge in [-0.3, -0.25) is 0 Å². The molecule has 0 unspecified atom stereocenters. The van der Waals surface area contributed by atoms with E-state index in [4.69, 9.17) is 14.5 Å². The third-order valence-corrected chi connectivity index (χ3v) is 6.75. The summed E-state index contributed by atoms with van der Waals surface area (Å²) in [5.41, 5.74) is 2.20. The summed E-state index contributed by atoms with van der Waals surface area (Å²) >= 11 is 0. The van der Waals surface area contributed by atoms with Crippen LogP contribution in [0.5, 0.6) is 11.5 Å². The molecule has 0 spiro atoms. The van der Waals surface area contributed by atoms with Crippen molar-refractivity contribution in [1.29, 1.82) is 0 Å². The van der Waals surface area contributed by atoms with Gasteiger partial charge >= 0.3 is 0 Å². The molecule has 2 aliphatic heterocycles. The van der Waals surface area contributed by atoms with Gasteiger partial charge in [0.1, 0.15) is 5.82 Å². The molecule has 2 saturated heterocycles. The second-order valence-corrected chi connectivity index (χ2v) is 8.88. The smallest absolute Gasteiger partial charge is 0.163 e. The Bertz CT molecular complexity index is 1020. The van der Waals surface area contributed by atoms with E-state index in [1.807, 2.05) is 6.20 Å². The number of pyridine rings is 1. The normalized spacial score (nSPS) is 18.0. The van der Waals surface area contributed by atoms with Crippen LogP contribution < -0.4 is 14.4 Å². The van der Waals surface area contributed by atoms with Crippen molar-refractivity contribution in [3.8, 4) is 11.5 Å². The van der Waals surface area contributed by atoms with Gasteiger partial charge < -0.3 is 24.3 Å². The van der Waals surface area contributed by atoms with Gasteiger partial charge in [-0.15, -0.1) is 0 Å². The number of ether oxygens (including phenoxy) is 2. The van der Waals surface area contributed by atoms with E-state index >= 15 is 0 Å². The van der Waals surface area contributed by atoms with Crippen molar-refractivity contribution >= 4 is 27.6 Å². The van der Waals surface area contributed by atoms with Crippen molar-refractivity contribution in [2.24, 2.45) is 0 Å². The largest absolute Gasteiger partial charge is 0.493 e. The number of anilines is 1. The van der Waals surface area contributed by atoms with Gasteiger partial charge in [-0.1, -0.05) is 12.8 Å². The highest BCUT2D eigenvalue weighted by Gasteiger charge is 2.19. The number of methoxy groups -OCH3 is 1. The molecule has 6 heteroatoms. The summed E-state index contributed by atoms with van der Waals surface area (Å²) < 4.78 is 11.9. The van der Waals surface area contributed by atoms with Crippen LogP contribution in [-0.2, 0) is 0 Å². The van der Waals surface area contributed by atoms with Gasteiger partial charge in [0.05, 0.1) is 30.1 Å². The molecule has 2 fully saturated rings. The first-order valence-corrected chi connectivity index (χ1v) is 11.9. The van der Waals surface area contributed by atoms with E-state index in [2.05, 4.69) is 33.0 Å². The van der Waals surface area contributed by atoms with Crippen molar-refractivity contribution in [2.45, 2.75) is 44.9 Å². The molecule has 0 amide bonds. The first-order valence-electron chi connectivity index (χ1n) is 11.9. The lowest BCUT2D eigenvalue weighted by Crippen LogP contribution is -2.24. The van der Waals surface area contributed by atoms with Gasteiger partial charge in [0, 0.05) is 37.3 Å². The van der Waals surface area contributed by atoms with Crippen molar-refractivity contribution in [3.05, 3.63) is 24.4 Å². The number of fused-ring (bicyclic) bond motifs is 3. The number of H-pyrrole nitrogens is 1. The minimum Gasteiger partial charge on any atom is -0.493 e. The van der Waals surface area contributed by atoms with Crippen molar-refractivity contribution in [3.63, 3.8) is 0 Å². The van der Waals surface area contributed by atoms with E-state index in [1.165, 1.54) is 57.0 Å². The van der Waals surface area contributed by atoms with Crippen molar-refractivity contribution < 1.29 is 9.47 Å². The van der Waals surface area contributed by atoms with Gasteiger partial charge in [-0.05, 0) is 57.3 Å². The standard InChI is InChI=1S/C25H34N4O2/c1-30-22-17-19-21(18-23(22)31-16-8-13-28-11-6-7-12-28)27-20-9-10-26-25(24(19)20)29-14-4-2-3-5-15-29/h9-10,17-18,27H,2-8,11-16H2,1H3. The number of benzene rings is 1. The van der Waals surface area contributed by atoms with Crippen LogP contribution in [0.25, 0.3) is 21.8 Å². The van der Waals surface area contributed by atoms with Crippen LogP contribution >= 0.6 is 0 Å². The Labute approximate surface area is 184 Å². The van der Waals surface area contributed by atoms with Gasteiger partial charge in [-0.25, -0.2) is 4.98 Å². The molecule has 0 bridgehead atoms. The number of hydrogen-bond acceptors (Lipinski definition) is 5. The predicted octanol–water partition coefficient (Wildman–Crippen LogP) is 4.97. The fraction of sp³-hybridized carbons (Fsp3) is 0.560. The molecule has 4 heterocycles. The lowest BCUT2D eigenvalue weighted by Gasteiger charge is -2.22. The predicted molar refractivity (Wildman–Crippen MR) is 127 cm³/mol. The monoisotopic (exact) mass is 422 g/mol. The topological polar surface area (TPSA) is 53.6 Å². The lowest BCUT2D eigenvalue weighted by molar-refractivity contribution is 0.254. The quantitative estimate of drug-likeness (QED) is 0.545. The Kier molecular flexibility index (Phi) is 6.16. The maximum absolute atomic E-state index is 6.16. The maximum Gasteiger partial charge on any atom is 0.163 e. The number of nitrogens with one attached hydrogen (secondary N) is 1. The van der Waals surface area contributed by atoms with Crippen LogP contribution in [0.1, 0.15) is 44.9 Å². The third-order valence-electron chi connectivity index (χ3n) is 6.75. The van der Waals surface area contributed by atoms with E-state index in [-0.39, 0.29) is 0 Å². The molecule has 6 nitrogen and oxygen atoms in total. The number of nitrogens with zero attached hydrogens (tertiary/aromatic N) is 3. The molecule has 1 N–H and O–H groups in total. The Balaban J connectivity index is 1.42. The average Bonchev–Trinajstić information content (AvgIpc) is 3.35. The minimum atomic E-state index is 0.708. The summed E-state index contributed by atoms with van der Waals surface area (Å²) in [5.74, 6) is 2.69. The molecule has 3 aromatic rings. The van der Waals surface area contributed by atoms with Gasteiger partial charge in [0.15, 0.2) is 11.5 Å². The summed E-state index contributed by atoms with van der Waals surface area (Å²) in [4.78, 5) is 13.4. The van der Waals surface area contributed by atoms with Crippen molar-refractivity contribution in [2.75, 3.05) is 51.3 Å². The van der Waals surface area contributed by atoms with E-state index in [1.54, 1.807) is 7.11 Å². The number of aromatic nitrogens is 2. The highest BCUT2D eigenvalue weighted by Crippen LogP contribution is 2.39. The number of likely N-dealkylation sites (tertiary alicyclic amines) is 1. The molecule has 0 atom stereocenters. The molecule has 0 saturated carbocycles. The molecule has 2 aromatic heterocycles. The van der Waals surface area contributed by atoms with Crippen LogP contribution in [0.3, 0.4) is 0 Å². The minimum absolute atomic E-state index is 0.708. The zero-order chi connectivity index (χ0) is 21.0. The molecule has 0 radical (unpaired) electrons. The fourth-order valence-corrected chi connectivity index (χ4v) is 5.11. The summed E-state index contributed by atoms with van der Waals surface area (Å²) in [6.45, 7) is 6.44. The van der Waals surface area contributed by atoms with Gasteiger partial charge in [0.2, 0.25) is 0 Å². The average molecular weight is 423 g/mol. The molecular weight excluding hydrogens is 388 g/mol. The zero-order valence-corrected chi connectivity index (χ0v) is 18.7. The first kappa shape index (κ1) is 20.4. The van der Waals surface area contributed by atoms with Crippen LogP contribution in [0.4, 0.5) is 5.82 Å². The molecule has 2 aliphatic rings. The Morgan fingerprint density at radius 3 is 2.48 bits per heavy atom. The highest BCUT2D eigenvalue weighted by molar-refractivity contribution is 6.13. The fourth-order valence-electron chi connectivity index (χ4n) is 5.11. The Morgan fingerprint density at radius 1 is 0.935 bits per heavy atom. The molecule has 1 aromatic carbocycles. The van der Waals surface area contributed by atoms with E-state index in [0.29, 0.717) is 6.61 Å². The molecule has 31 heavy (non-hydrogen) atoms. The van der Waals surface area contributed by atoms with E-state index < -0.39 is 0 Å². The van der Waals surface area contributed by atoms with E-state index in [9.17, 15) is 0 Å². The first-order chi connectivity index (χ1) is 15.3. The summed E-state index contributed by atoms with van der Waals surface area (Å²) in [7, 11) is 1.72. The van der Waals surface area contributed by atoms with Crippen LogP contribution in [0.15, 0.2) is 24.4 Å². The molecule has 166 valence electrons. The summed E-state index contributed by atoms with van der Waals surface area (Å²) in [6, 6.07) is 6.28. The number of hydrogen-bond donors (Lipinski definition) is 1. The lowest BCUT2D eigenvalue weighted by atomic mass is 10.1. The Hall–Kier alpha value is -2.47. The van der Waals surface area contributed by atoms with Gasteiger partial charge in [0.25, 0.3) is 0 Å². The van der Waals surface area contributed by atoms with Crippen molar-refractivity contribution in [1.82, 2.24) is 14.9 Å². The molecule has 0 aliphatic carbocycles. The highest BCUT2D eigenvalue weighted by atomic mass is 16.5. The SMILES string of the molecule is COc1cc2c(cc1OCCCN1CCCC1)[nH]c1ccnc(N3CCCCCC3)c12. The molecule has 5 rings (SSSR count).